The molecule has 1 N–H and O–H groups in total. The highest BCUT2D eigenvalue weighted by atomic mass is 16.2. The van der Waals surface area contributed by atoms with Crippen LogP contribution < -0.4 is 5.56 Å². The molecule has 1 aromatic carbocycles. The number of nitrogens with one attached hydrogen (secondary N) is 1. The molecule has 1 aliphatic heterocycles. The van der Waals surface area contributed by atoms with Gasteiger partial charge in [-0.3, -0.25) is 9.59 Å². The van der Waals surface area contributed by atoms with E-state index in [-0.39, 0.29) is 11.5 Å². The van der Waals surface area contributed by atoms with Crippen LogP contribution in [-0.4, -0.2) is 53.4 Å². The van der Waals surface area contributed by atoms with E-state index < -0.39 is 0 Å². The summed E-state index contributed by atoms with van der Waals surface area (Å²) >= 11 is 0. The molecule has 3 rings (SSSR count). The Kier molecular flexibility index (Phi) is 5.00. The second kappa shape index (κ2) is 7.18. The number of benzene rings is 1. The van der Waals surface area contributed by atoms with E-state index in [4.69, 9.17) is 0 Å². The van der Waals surface area contributed by atoms with Gasteiger partial charge in [-0.25, -0.2) is 0 Å². The fraction of sp³-hybridized carbons (Fsp3) is 0.474. The second-order valence-electron chi connectivity index (χ2n) is 6.48. The van der Waals surface area contributed by atoms with E-state index in [1.165, 1.54) is 0 Å². The first kappa shape index (κ1) is 16.7. The van der Waals surface area contributed by atoms with Gasteiger partial charge in [0.05, 0.1) is 5.52 Å². The SMILES string of the molecule is CCN1CCN(C(=O)CCc2cc3cccc(C)c3[nH]c2=O)CC1. The molecule has 1 fully saturated rings. The van der Waals surface area contributed by atoms with Crippen LogP contribution in [0.15, 0.2) is 29.1 Å². The van der Waals surface area contributed by atoms with Gasteiger partial charge in [0.2, 0.25) is 5.91 Å². The van der Waals surface area contributed by atoms with Gasteiger partial charge < -0.3 is 14.8 Å². The summed E-state index contributed by atoms with van der Waals surface area (Å²) in [6, 6.07) is 7.88. The van der Waals surface area contributed by atoms with Crippen LogP contribution in [0.1, 0.15) is 24.5 Å². The number of carbonyl (C=O) groups is 1. The molecule has 0 unspecified atom stereocenters. The second-order valence-corrected chi connectivity index (χ2v) is 6.48. The normalized spacial score (nSPS) is 15.8. The lowest BCUT2D eigenvalue weighted by molar-refractivity contribution is -0.132. The van der Waals surface area contributed by atoms with Crippen LogP contribution in [-0.2, 0) is 11.2 Å². The Balaban J connectivity index is 1.66. The summed E-state index contributed by atoms with van der Waals surface area (Å²) in [7, 11) is 0. The largest absolute Gasteiger partial charge is 0.340 e. The number of piperazine rings is 1. The lowest BCUT2D eigenvalue weighted by atomic mass is 10.1. The number of fused-ring (bicyclic) bond motifs is 1. The predicted molar refractivity (Wildman–Crippen MR) is 96.3 cm³/mol. The van der Waals surface area contributed by atoms with Crippen molar-refractivity contribution in [2.45, 2.75) is 26.7 Å². The molecule has 1 aliphatic rings. The minimum absolute atomic E-state index is 0.0830. The monoisotopic (exact) mass is 327 g/mol. The van der Waals surface area contributed by atoms with Crippen molar-refractivity contribution in [3.05, 3.63) is 45.7 Å². The smallest absolute Gasteiger partial charge is 0.251 e. The highest BCUT2D eigenvalue weighted by Crippen LogP contribution is 2.16. The molecule has 0 radical (unpaired) electrons. The summed E-state index contributed by atoms with van der Waals surface area (Å²) in [6.45, 7) is 8.63. The van der Waals surface area contributed by atoms with E-state index in [2.05, 4.69) is 16.8 Å². The molecule has 5 heteroatoms. The summed E-state index contributed by atoms with van der Waals surface area (Å²) < 4.78 is 0. The van der Waals surface area contributed by atoms with Crippen molar-refractivity contribution in [2.24, 2.45) is 0 Å². The minimum atomic E-state index is -0.0830. The Morgan fingerprint density at radius 1 is 1.21 bits per heavy atom. The molecular weight excluding hydrogens is 302 g/mol. The van der Waals surface area contributed by atoms with Gasteiger partial charge in [-0.1, -0.05) is 25.1 Å². The van der Waals surface area contributed by atoms with Gasteiger partial charge in [0.25, 0.3) is 5.56 Å². The Morgan fingerprint density at radius 3 is 2.67 bits per heavy atom. The first-order chi connectivity index (χ1) is 11.6. The molecular formula is C19H25N3O2. The maximum Gasteiger partial charge on any atom is 0.251 e. The van der Waals surface area contributed by atoms with E-state index in [1.54, 1.807) is 0 Å². The van der Waals surface area contributed by atoms with Crippen molar-refractivity contribution in [3.63, 3.8) is 0 Å². The number of H-pyrrole nitrogens is 1. The number of aromatic amines is 1. The van der Waals surface area contributed by atoms with Gasteiger partial charge in [-0.15, -0.1) is 0 Å². The molecule has 0 atom stereocenters. The van der Waals surface area contributed by atoms with Crippen molar-refractivity contribution in [2.75, 3.05) is 32.7 Å². The van der Waals surface area contributed by atoms with E-state index in [9.17, 15) is 9.59 Å². The molecule has 0 spiro atoms. The van der Waals surface area contributed by atoms with Crippen LogP contribution in [0.4, 0.5) is 0 Å². The van der Waals surface area contributed by atoms with E-state index >= 15 is 0 Å². The topological polar surface area (TPSA) is 56.4 Å². The summed E-state index contributed by atoms with van der Waals surface area (Å²) in [5.41, 5.74) is 2.54. The van der Waals surface area contributed by atoms with Crippen molar-refractivity contribution >= 4 is 16.8 Å². The first-order valence-electron chi connectivity index (χ1n) is 8.70. The molecule has 0 saturated carbocycles. The standard InChI is InChI=1S/C19H25N3O2/c1-3-21-9-11-22(12-10-21)17(23)8-7-16-13-15-6-4-5-14(2)18(15)20-19(16)24/h4-6,13H,3,7-12H2,1-2H3,(H,20,24). The van der Waals surface area contributed by atoms with Gasteiger partial charge in [-0.05, 0) is 36.9 Å². The number of hydrogen-bond donors (Lipinski definition) is 1. The van der Waals surface area contributed by atoms with Gasteiger partial charge in [-0.2, -0.15) is 0 Å². The number of amides is 1. The third-order valence-corrected chi connectivity index (χ3v) is 4.95. The number of likely N-dealkylation sites (N-methyl/N-ethyl adjacent to an activating group) is 1. The van der Waals surface area contributed by atoms with Crippen LogP contribution in [0.5, 0.6) is 0 Å². The summed E-state index contributed by atoms with van der Waals surface area (Å²) in [5, 5.41) is 1.02. The van der Waals surface area contributed by atoms with Gasteiger partial charge >= 0.3 is 0 Å². The van der Waals surface area contributed by atoms with Gasteiger partial charge in [0, 0.05) is 38.2 Å². The zero-order valence-electron chi connectivity index (χ0n) is 14.5. The summed E-state index contributed by atoms with van der Waals surface area (Å²) in [6.07, 6.45) is 0.887. The number of hydrogen-bond acceptors (Lipinski definition) is 3. The lowest BCUT2D eigenvalue weighted by Gasteiger charge is -2.34. The molecule has 5 nitrogen and oxygen atoms in total. The Labute approximate surface area is 142 Å². The van der Waals surface area contributed by atoms with E-state index in [0.29, 0.717) is 18.4 Å². The summed E-state index contributed by atoms with van der Waals surface area (Å²) in [5.74, 6) is 0.148. The average molecular weight is 327 g/mol. The first-order valence-corrected chi connectivity index (χ1v) is 8.70. The van der Waals surface area contributed by atoms with Crippen molar-refractivity contribution in [1.29, 1.82) is 0 Å². The predicted octanol–water partition coefficient (Wildman–Crippen LogP) is 1.93. The molecule has 1 saturated heterocycles. The minimum Gasteiger partial charge on any atom is -0.340 e. The number of rotatable bonds is 4. The molecule has 1 amide bonds. The van der Waals surface area contributed by atoms with Crippen LogP contribution in [0.25, 0.3) is 10.9 Å². The molecule has 128 valence electrons. The third-order valence-electron chi connectivity index (χ3n) is 4.95. The van der Waals surface area contributed by atoms with Gasteiger partial charge in [0.1, 0.15) is 0 Å². The number of para-hydroxylation sites is 1. The number of carbonyl (C=O) groups excluding carboxylic acids is 1. The lowest BCUT2D eigenvalue weighted by Crippen LogP contribution is -2.48. The van der Waals surface area contributed by atoms with Crippen molar-refractivity contribution < 1.29 is 4.79 Å². The average Bonchev–Trinajstić information content (AvgIpc) is 2.60. The Bertz CT molecular complexity index is 789. The molecule has 24 heavy (non-hydrogen) atoms. The van der Waals surface area contributed by atoms with Crippen LogP contribution in [0, 0.1) is 6.92 Å². The quantitative estimate of drug-likeness (QED) is 0.933. The third kappa shape index (κ3) is 3.51. The molecule has 0 bridgehead atoms. The number of aryl methyl sites for hydroxylation is 2. The number of pyridine rings is 1. The van der Waals surface area contributed by atoms with Crippen LogP contribution >= 0.6 is 0 Å². The highest BCUT2D eigenvalue weighted by molar-refractivity contribution is 5.82. The zero-order valence-corrected chi connectivity index (χ0v) is 14.5. The molecule has 0 aliphatic carbocycles. The maximum absolute atomic E-state index is 12.4. The number of aromatic nitrogens is 1. The van der Waals surface area contributed by atoms with E-state index in [1.807, 2.05) is 36.1 Å². The summed E-state index contributed by atoms with van der Waals surface area (Å²) in [4.78, 5) is 31.9. The Morgan fingerprint density at radius 2 is 1.96 bits per heavy atom. The van der Waals surface area contributed by atoms with Crippen LogP contribution in [0.3, 0.4) is 0 Å². The number of nitrogens with zero attached hydrogens (tertiary/aromatic N) is 2. The molecule has 2 aromatic rings. The fourth-order valence-corrected chi connectivity index (χ4v) is 3.33. The van der Waals surface area contributed by atoms with Gasteiger partial charge in [0.15, 0.2) is 0 Å². The van der Waals surface area contributed by atoms with Crippen molar-refractivity contribution in [1.82, 2.24) is 14.8 Å². The van der Waals surface area contributed by atoms with E-state index in [0.717, 1.165) is 49.2 Å². The van der Waals surface area contributed by atoms with Crippen molar-refractivity contribution in [3.8, 4) is 0 Å². The fourth-order valence-electron chi connectivity index (χ4n) is 3.33. The maximum atomic E-state index is 12.4. The molecule has 1 aromatic heterocycles. The van der Waals surface area contributed by atoms with Crippen LogP contribution in [0.2, 0.25) is 0 Å². The highest BCUT2D eigenvalue weighted by Gasteiger charge is 2.20. The Hall–Kier alpha value is -2.14. The molecule has 2 heterocycles. The zero-order chi connectivity index (χ0) is 17.1.